The Bertz CT molecular complexity index is 2670. The summed E-state index contributed by atoms with van der Waals surface area (Å²) in [6.07, 6.45) is -1.82. The predicted molar refractivity (Wildman–Crippen MR) is 347 cm³/mol. The molecule has 5 heterocycles. The fourth-order valence-electron chi connectivity index (χ4n) is 8.98. The summed E-state index contributed by atoms with van der Waals surface area (Å²) in [6, 6.07) is 12.1. The molecule has 3 aliphatic heterocycles. The number of nitrogens with two attached hydrogens (primary N) is 1. The zero-order valence-corrected chi connectivity index (χ0v) is 126. The molecule has 0 amide bonds. The molecule has 3 aliphatic rings. The Kier molecular flexibility index (Phi) is 138. The third-order valence-electron chi connectivity index (χ3n) is 15.0. The van der Waals surface area contributed by atoms with Gasteiger partial charge in [0.15, 0.2) is 30.0 Å². The Balaban J connectivity index is -0.0000000563. The normalized spacial score (nSPS) is 20.2. The van der Waals surface area contributed by atoms with Gasteiger partial charge >= 0.3 is 0 Å². The first-order chi connectivity index (χ1) is 39.9. The molecule has 47 heteroatoms. The molecule has 0 bridgehead atoms. The van der Waals surface area contributed by atoms with Crippen molar-refractivity contribution < 1.29 is 726 Å². The number of nitrogens with one attached hydrogen (secondary N) is 4. The Morgan fingerprint density at radius 3 is 1.21 bits per heavy atom. The molecule has 3 fully saturated rings. The van der Waals surface area contributed by atoms with Crippen LogP contribution >= 0.6 is 34.4 Å². The Morgan fingerprint density at radius 2 is 0.877 bits per heavy atom. The average Bonchev–Trinajstić information content (AvgIpc) is 1.64. The number of fused-ring (bicyclic) bond motifs is 2. The van der Waals surface area contributed by atoms with Gasteiger partial charge in [0.2, 0.25) is 14.2 Å². The second-order valence-corrected chi connectivity index (χ2v) is 34.9. The first kappa shape index (κ1) is 169. The minimum atomic E-state index is -3.64. The molecule has 2 aromatic carbocycles. The number of thiazole rings is 2. The number of nitrogens with zero attached hydrogens (tertiary/aromatic N) is 2. The molecular weight excluding hydrogens is 2980 g/mol. The van der Waals surface area contributed by atoms with E-state index < -0.39 is 96.8 Å². The molecule has 0 spiro atoms. The van der Waals surface area contributed by atoms with Gasteiger partial charge in [-0.2, -0.15) is 0 Å². The van der Waals surface area contributed by atoms with Crippen molar-refractivity contribution in [1.29, 1.82) is 0 Å². The van der Waals surface area contributed by atoms with Crippen LogP contribution in [0.5, 0.6) is 0 Å². The van der Waals surface area contributed by atoms with Crippen molar-refractivity contribution in [3.05, 3.63) is 71.5 Å². The zero-order valence-electron chi connectivity index (χ0n) is 64.9. The van der Waals surface area contributed by atoms with Gasteiger partial charge in [-0.1, -0.05) is 116 Å². The van der Waals surface area contributed by atoms with Crippen molar-refractivity contribution in [3.8, 4) is 0 Å². The van der Waals surface area contributed by atoms with E-state index in [1.165, 1.54) is 4.70 Å². The third-order valence-corrected chi connectivity index (χ3v) is 25.0. The van der Waals surface area contributed by atoms with Crippen LogP contribution in [0.25, 0.3) is 43.4 Å². The summed E-state index contributed by atoms with van der Waals surface area (Å²) >= 11 is 4.46. The molecule has 20 radical (unpaired) electrons. The van der Waals surface area contributed by atoms with Crippen molar-refractivity contribution >= 4 is 73.0 Å². The number of hydrogen-bond acceptors (Lipinski definition) is 21. The van der Waals surface area contributed by atoms with Crippen molar-refractivity contribution in [1.82, 2.24) is 9.97 Å². The fourth-order valence-corrected chi connectivity index (χ4v) is 14.8. The monoisotopic (exact) mass is 3080 g/mol. The SMILES string of the molecule is CC[C@@H](O)[C@@H](O)[C@@H](N)CO.CC[C@@H](O)[C@@H](O)[C@@H]([NH-])CO.CC[C@H]1OC(C)(C)O[C@H]1[C@@H]([NH-])CO[Si](C)(C)C(C)(C)C.CC[C@H]1OC(C)(C)O[C@H]1[C@@H]([NH-])CS(=O)(=O)c1nc2ccccc2s1.CC[C@H]1OC(C)(C)O[C@H]1[C@@H]([NH-])CSc1nc2ccccc2s1.[Y].[Y].[Y].[Y].[Y].[Y].[Y].[Y].[Y].[Y].[Y].[Y].[Y].[Y].[Y].[Y].[Y].[Y].[Y].[Y]. The minimum absolute atomic E-state index is 0. The first-order valence-electron chi connectivity index (χ1n) is 29.7. The maximum Gasteiger partial charge on any atom is 0.210 e. The van der Waals surface area contributed by atoms with Crippen molar-refractivity contribution in [2.45, 2.75) is 264 Å². The smallest absolute Gasteiger partial charge is 0.210 e. The fraction of sp³-hybridized carbons (Fsp3) is 0.763. The number of rotatable bonds is 23. The van der Waals surface area contributed by atoms with Gasteiger partial charge < -0.3 is 92.2 Å². The van der Waals surface area contributed by atoms with Gasteiger partial charge in [-0.25, -0.2) is 18.4 Å². The van der Waals surface area contributed by atoms with Crippen molar-refractivity contribution in [3.63, 3.8) is 0 Å². The van der Waals surface area contributed by atoms with E-state index >= 15 is 0 Å². The van der Waals surface area contributed by atoms with Crippen molar-refractivity contribution in [2.24, 2.45) is 5.73 Å². The van der Waals surface area contributed by atoms with Crippen LogP contribution in [0.1, 0.15) is 129 Å². The number of para-hydroxylation sites is 2. The van der Waals surface area contributed by atoms with Crippen LogP contribution in [-0.4, -0.2) is 197 Å². The van der Waals surface area contributed by atoms with Crippen LogP contribution in [0, 0.1) is 0 Å². The molecule has 556 valence electrons. The summed E-state index contributed by atoms with van der Waals surface area (Å²) in [5.41, 5.74) is 39.0. The Morgan fingerprint density at radius 1 is 0.538 bits per heavy atom. The molecule has 15 atom stereocenters. The quantitative estimate of drug-likeness (QED) is 0.0268. The standard InChI is InChI=1S/C16H21N2O4S2.C16H21N2O2S2.C15H32NO3Si.C6H15NO3.C6H14NO3.20Y/c1-4-12-14(22-16(2,3)21-12)10(17)9-24(19,20)15-18-11-7-5-6-8-13(11)23-15;1-4-12-14(20-16(2,3)19-12)10(17)9-21-15-18-11-7-5-6-8-13(11)22-15;1-9-12-13(19-15(5,6)18-12)11(16)10-17-20(7,8)14(2,3)4;2*1-2-5(9)6(10)4(7)3-8;;;;;;;;;;;;;;;;;;;;/h5-8,10,12,14,17H,4,9H2,1-3H3;5-8,10,12,14,17H,4,9H2,1-3H3;11-13,16H,9-10H2,1-8H3;4-6,8-10H,2-3,7H2,1H3;4-10H,2-3H2,1H3;;;;;;;;;;;;;;;;;;;;/q3*-1;;-1;;;;;;;;;;;;;;;;;;;;/t2*10-,12+,14-;11-,12+,13-;2*4-,5+,6-;;;;;;;;;;;;;;;;;;;;/m00000..................../s1. The maximum absolute atomic E-state index is 12.7. The van der Waals surface area contributed by atoms with Gasteiger partial charge in [-0.3, -0.25) is 0 Å². The topological polar surface area (TPSA) is 367 Å². The number of thioether (sulfide) groups is 1. The number of sulfone groups is 1. The molecule has 106 heavy (non-hydrogen) atoms. The second-order valence-electron chi connectivity index (χ2n) is 24.6. The second kappa shape index (κ2) is 86.7. The molecule has 12 N–H and O–H groups in total. The van der Waals surface area contributed by atoms with Gasteiger partial charge in [0, 0.05) is 673 Å². The van der Waals surface area contributed by atoms with E-state index in [1.54, 1.807) is 56.9 Å². The van der Waals surface area contributed by atoms with Crippen LogP contribution in [0.15, 0.2) is 57.2 Å². The Labute approximate surface area is 1150 Å². The number of aromatic nitrogens is 2. The van der Waals surface area contributed by atoms with Crippen LogP contribution in [0.2, 0.25) is 18.1 Å². The van der Waals surface area contributed by atoms with Gasteiger partial charge in [0.05, 0.1) is 94.1 Å². The molecule has 7 rings (SSSR count). The summed E-state index contributed by atoms with van der Waals surface area (Å²) in [4.78, 5) is 8.81. The summed E-state index contributed by atoms with van der Waals surface area (Å²) in [5.74, 6) is -1.61. The van der Waals surface area contributed by atoms with Gasteiger partial charge in [0.25, 0.3) is 0 Å². The molecule has 0 saturated carbocycles. The van der Waals surface area contributed by atoms with E-state index in [9.17, 15) is 8.42 Å². The summed E-state index contributed by atoms with van der Waals surface area (Å²) in [7, 11) is -5.45. The molecule has 4 aromatic rings. The van der Waals surface area contributed by atoms with E-state index in [0.717, 1.165) is 38.7 Å². The average molecular weight is 3080 g/mol. The molecule has 0 unspecified atom stereocenters. The first-order valence-corrected chi connectivity index (χ1v) is 36.9. The van der Waals surface area contributed by atoms with E-state index in [1.807, 2.05) is 71.0 Å². The van der Waals surface area contributed by atoms with E-state index in [0.29, 0.717) is 37.1 Å². The summed E-state index contributed by atoms with van der Waals surface area (Å²) in [5, 5.41) is 53.0. The maximum atomic E-state index is 12.7. The van der Waals surface area contributed by atoms with Crippen LogP contribution < -0.4 is 5.73 Å². The van der Waals surface area contributed by atoms with Crippen LogP contribution in [0.3, 0.4) is 0 Å². The number of benzene rings is 2. The molecule has 3 saturated heterocycles. The van der Waals surface area contributed by atoms with E-state index in [4.69, 9.17) is 92.2 Å². The zero-order chi connectivity index (χ0) is 65.3. The Hall–Kier alpha value is 20.1. The van der Waals surface area contributed by atoms with Crippen molar-refractivity contribution in [2.75, 3.05) is 31.3 Å². The molecular formula is C59H103N7O15S4SiY20-4. The van der Waals surface area contributed by atoms with Gasteiger partial charge in [-0.15, -0.1) is 22.7 Å². The summed E-state index contributed by atoms with van der Waals surface area (Å²) in [6.45, 7) is 31.5. The summed E-state index contributed by atoms with van der Waals surface area (Å²) < 4.78 is 69.6. The largest absolute Gasteiger partial charge is 0.672 e. The minimum Gasteiger partial charge on any atom is -0.672 e. The van der Waals surface area contributed by atoms with Gasteiger partial charge in [0.1, 0.15) is 0 Å². The predicted octanol–water partition coefficient (Wildman–Crippen LogP) is 10.4. The molecule has 22 nitrogen and oxygen atoms in total. The molecule has 2 aromatic heterocycles. The van der Waals surface area contributed by atoms with Gasteiger partial charge in [-0.05, 0) is 122 Å². The van der Waals surface area contributed by atoms with E-state index in [2.05, 4.69) is 63.7 Å². The number of aliphatic hydroxyl groups excluding tert-OH is 6. The number of hydrogen-bond donors (Lipinski definition) is 7. The number of ether oxygens (including phenoxy) is 6. The van der Waals surface area contributed by atoms with Crippen LogP contribution in [-0.2, 0) is 697 Å². The molecule has 0 aliphatic carbocycles. The third kappa shape index (κ3) is 62.8. The van der Waals surface area contributed by atoms with Crippen LogP contribution in [0.4, 0.5) is 0 Å². The van der Waals surface area contributed by atoms with E-state index in [-0.39, 0.29) is 712 Å². The number of aliphatic hydroxyl groups is 6.